The van der Waals surface area contributed by atoms with Crippen LogP contribution in [-0.2, 0) is 9.53 Å². The maximum atomic E-state index is 12.1. The number of ketones is 1. The second-order valence-corrected chi connectivity index (χ2v) is 5.44. The summed E-state index contributed by atoms with van der Waals surface area (Å²) in [7, 11) is 0. The molecule has 0 fully saturated rings. The van der Waals surface area contributed by atoms with Crippen LogP contribution in [0.4, 0.5) is 0 Å². The lowest BCUT2D eigenvalue weighted by Gasteiger charge is -2.05. The number of carbonyl (C=O) groups is 2. The molecule has 0 heterocycles. The number of aryl methyl sites for hydroxylation is 2. The number of ether oxygens (including phenoxy) is 1. The Balaban J connectivity index is 2.19. The van der Waals surface area contributed by atoms with Gasteiger partial charge in [-0.2, -0.15) is 0 Å². The molecule has 0 radical (unpaired) electrons. The Bertz CT molecular complexity index is 477. The number of esters is 1. The van der Waals surface area contributed by atoms with Crippen LogP contribution in [0.25, 0.3) is 0 Å². The molecule has 0 N–H and O–H groups in total. The van der Waals surface area contributed by atoms with Crippen molar-refractivity contribution in [3.05, 3.63) is 34.9 Å². The molecule has 0 atom stereocenters. The first kappa shape index (κ1) is 17.4. The lowest BCUT2D eigenvalue weighted by molar-refractivity contribution is -0.143. The van der Waals surface area contributed by atoms with Crippen LogP contribution >= 0.6 is 0 Å². The lowest BCUT2D eigenvalue weighted by atomic mass is 10.00. The number of carbonyl (C=O) groups excluding carboxylic acids is 2. The van der Waals surface area contributed by atoms with Gasteiger partial charge in [0, 0.05) is 18.4 Å². The van der Waals surface area contributed by atoms with E-state index in [1.165, 1.54) is 5.56 Å². The summed E-state index contributed by atoms with van der Waals surface area (Å²) < 4.78 is 4.87. The highest BCUT2D eigenvalue weighted by atomic mass is 16.5. The Kier molecular flexibility index (Phi) is 7.73. The second-order valence-electron chi connectivity index (χ2n) is 5.44. The molecular formula is C18H26O3. The summed E-state index contributed by atoms with van der Waals surface area (Å²) in [6.45, 7) is 6.34. The van der Waals surface area contributed by atoms with Crippen LogP contribution in [0.5, 0.6) is 0 Å². The van der Waals surface area contributed by atoms with Crippen LogP contribution in [0.2, 0.25) is 0 Å². The third-order valence-corrected chi connectivity index (χ3v) is 3.67. The second kappa shape index (κ2) is 9.32. The van der Waals surface area contributed by atoms with Gasteiger partial charge in [-0.3, -0.25) is 9.59 Å². The zero-order valence-electron chi connectivity index (χ0n) is 13.4. The summed E-state index contributed by atoms with van der Waals surface area (Å²) in [6.07, 6.45) is 4.75. The molecule has 1 rings (SSSR count). The third kappa shape index (κ3) is 6.56. The van der Waals surface area contributed by atoms with Crippen molar-refractivity contribution in [2.24, 2.45) is 0 Å². The van der Waals surface area contributed by atoms with E-state index in [4.69, 9.17) is 4.74 Å². The number of hydrogen-bond acceptors (Lipinski definition) is 3. The molecule has 1 aromatic carbocycles. The Morgan fingerprint density at radius 1 is 0.952 bits per heavy atom. The Morgan fingerprint density at radius 2 is 1.62 bits per heavy atom. The van der Waals surface area contributed by atoms with Crippen molar-refractivity contribution in [3.8, 4) is 0 Å². The average molecular weight is 290 g/mol. The van der Waals surface area contributed by atoms with Gasteiger partial charge in [-0.15, -0.1) is 0 Å². The molecule has 0 aliphatic heterocycles. The molecule has 0 aromatic heterocycles. The van der Waals surface area contributed by atoms with E-state index in [0.29, 0.717) is 19.4 Å². The molecule has 0 saturated carbocycles. The summed E-state index contributed by atoms with van der Waals surface area (Å²) in [6, 6.07) is 5.88. The Morgan fingerprint density at radius 3 is 2.24 bits per heavy atom. The lowest BCUT2D eigenvalue weighted by Crippen LogP contribution is -2.03. The van der Waals surface area contributed by atoms with Gasteiger partial charge >= 0.3 is 5.97 Å². The maximum absolute atomic E-state index is 12.1. The highest BCUT2D eigenvalue weighted by Gasteiger charge is 2.07. The molecule has 0 amide bonds. The molecule has 0 aliphatic carbocycles. The van der Waals surface area contributed by atoms with Crippen molar-refractivity contribution in [3.63, 3.8) is 0 Å². The number of unbranched alkanes of at least 4 members (excludes halogenated alkanes) is 3. The van der Waals surface area contributed by atoms with Crippen LogP contribution in [0.3, 0.4) is 0 Å². The van der Waals surface area contributed by atoms with Gasteiger partial charge in [0.1, 0.15) is 0 Å². The monoisotopic (exact) mass is 290 g/mol. The van der Waals surface area contributed by atoms with E-state index in [1.807, 2.05) is 39.0 Å². The largest absolute Gasteiger partial charge is 0.466 e. The molecule has 0 unspecified atom stereocenters. The van der Waals surface area contributed by atoms with Crippen molar-refractivity contribution < 1.29 is 14.3 Å². The summed E-state index contributed by atoms with van der Waals surface area (Å²) in [5, 5.41) is 0. The van der Waals surface area contributed by atoms with Gasteiger partial charge in [-0.1, -0.05) is 25.0 Å². The van der Waals surface area contributed by atoms with Crippen LogP contribution < -0.4 is 0 Å². The van der Waals surface area contributed by atoms with Gasteiger partial charge in [0.05, 0.1) is 6.61 Å². The van der Waals surface area contributed by atoms with E-state index in [2.05, 4.69) is 0 Å². The molecule has 1 aromatic rings. The minimum absolute atomic E-state index is 0.122. The van der Waals surface area contributed by atoms with Crippen LogP contribution in [0.1, 0.15) is 66.9 Å². The molecule has 0 bridgehead atoms. The van der Waals surface area contributed by atoms with Crippen LogP contribution in [0, 0.1) is 13.8 Å². The zero-order valence-corrected chi connectivity index (χ0v) is 13.4. The fraction of sp³-hybridized carbons (Fsp3) is 0.556. The third-order valence-electron chi connectivity index (χ3n) is 3.67. The van der Waals surface area contributed by atoms with Gasteiger partial charge in [-0.25, -0.2) is 0 Å². The highest BCUT2D eigenvalue weighted by Crippen LogP contribution is 2.14. The van der Waals surface area contributed by atoms with E-state index in [1.54, 1.807) is 0 Å². The van der Waals surface area contributed by atoms with Crippen molar-refractivity contribution >= 4 is 11.8 Å². The minimum atomic E-state index is -0.122. The summed E-state index contributed by atoms with van der Waals surface area (Å²) in [4.78, 5) is 23.2. The predicted molar refractivity (Wildman–Crippen MR) is 84.6 cm³/mol. The minimum Gasteiger partial charge on any atom is -0.466 e. The number of Topliss-reactive ketones (excluding diaryl/α,β-unsaturated/α-hetero) is 1. The van der Waals surface area contributed by atoms with Gasteiger partial charge in [-0.05, 0) is 50.8 Å². The highest BCUT2D eigenvalue weighted by molar-refractivity contribution is 5.96. The van der Waals surface area contributed by atoms with Gasteiger partial charge in [0.2, 0.25) is 0 Å². The maximum Gasteiger partial charge on any atom is 0.305 e. The van der Waals surface area contributed by atoms with Crippen molar-refractivity contribution in [1.82, 2.24) is 0 Å². The smallest absolute Gasteiger partial charge is 0.305 e. The molecule has 0 spiro atoms. The number of rotatable bonds is 9. The van der Waals surface area contributed by atoms with E-state index in [9.17, 15) is 9.59 Å². The predicted octanol–water partition coefficient (Wildman–Crippen LogP) is 4.39. The number of benzene rings is 1. The zero-order chi connectivity index (χ0) is 15.7. The molecule has 21 heavy (non-hydrogen) atoms. The van der Waals surface area contributed by atoms with Gasteiger partial charge in [0.25, 0.3) is 0 Å². The first-order valence-electron chi connectivity index (χ1n) is 7.80. The topological polar surface area (TPSA) is 43.4 Å². The van der Waals surface area contributed by atoms with Crippen LogP contribution in [0.15, 0.2) is 18.2 Å². The first-order valence-corrected chi connectivity index (χ1v) is 7.80. The molecule has 0 aliphatic rings. The normalized spacial score (nSPS) is 10.4. The fourth-order valence-corrected chi connectivity index (χ4v) is 2.20. The average Bonchev–Trinajstić information content (AvgIpc) is 2.45. The first-order chi connectivity index (χ1) is 10.0. The summed E-state index contributed by atoms with van der Waals surface area (Å²) in [5.41, 5.74) is 3.19. The molecule has 116 valence electrons. The van der Waals surface area contributed by atoms with E-state index in [-0.39, 0.29) is 11.8 Å². The summed E-state index contributed by atoms with van der Waals surface area (Å²) in [5.74, 6) is 0.0900. The Hall–Kier alpha value is -1.64. The van der Waals surface area contributed by atoms with Gasteiger partial charge in [0.15, 0.2) is 5.78 Å². The van der Waals surface area contributed by atoms with Crippen molar-refractivity contribution in [2.45, 2.75) is 59.3 Å². The molecular weight excluding hydrogens is 264 g/mol. The van der Waals surface area contributed by atoms with Crippen molar-refractivity contribution in [2.75, 3.05) is 6.61 Å². The molecule has 3 heteroatoms. The van der Waals surface area contributed by atoms with Crippen LogP contribution in [-0.4, -0.2) is 18.4 Å². The van der Waals surface area contributed by atoms with E-state index >= 15 is 0 Å². The standard InChI is InChI=1S/C18H26O3/c1-4-21-18(20)10-8-6-5-7-9-17(19)16-12-11-14(2)15(3)13-16/h11-13H,4-10H2,1-3H3. The Labute approximate surface area is 127 Å². The SMILES string of the molecule is CCOC(=O)CCCCCCC(=O)c1ccc(C)c(C)c1. The molecule has 0 saturated heterocycles. The van der Waals surface area contributed by atoms with E-state index < -0.39 is 0 Å². The molecule has 3 nitrogen and oxygen atoms in total. The van der Waals surface area contributed by atoms with Gasteiger partial charge < -0.3 is 4.74 Å². The number of hydrogen-bond donors (Lipinski definition) is 0. The fourth-order valence-electron chi connectivity index (χ4n) is 2.20. The van der Waals surface area contributed by atoms with E-state index in [0.717, 1.165) is 36.8 Å². The quantitative estimate of drug-likeness (QED) is 0.385. The summed E-state index contributed by atoms with van der Waals surface area (Å²) >= 11 is 0. The van der Waals surface area contributed by atoms with Crippen molar-refractivity contribution in [1.29, 1.82) is 0 Å².